The highest BCUT2D eigenvalue weighted by molar-refractivity contribution is 7.47. The van der Waals surface area contributed by atoms with Gasteiger partial charge in [-0.2, -0.15) is 0 Å². The molecule has 0 amide bonds. The van der Waals surface area contributed by atoms with E-state index >= 15 is 0 Å². The van der Waals surface area contributed by atoms with Crippen LogP contribution in [0.2, 0.25) is 0 Å². The van der Waals surface area contributed by atoms with E-state index in [0.29, 0.717) is 12.8 Å². The minimum atomic E-state index is -4.61. The quantitative estimate of drug-likeness (QED) is 0.0306. The Balaban J connectivity index is 4.11. The number of ether oxygens (including phenoxy) is 2. The lowest BCUT2D eigenvalue weighted by molar-refractivity contribution is -0.161. The lowest BCUT2D eigenvalue weighted by Gasteiger charge is -2.20. The number of hydrogen-bond donors (Lipinski definition) is 3. The van der Waals surface area contributed by atoms with Gasteiger partial charge in [-0.1, -0.05) is 239 Å². The van der Waals surface area contributed by atoms with Gasteiger partial charge in [-0.05, 0) is 12.8 Å². The zero-order valence-electron chi connectivity index (χ0n) is 39.2. The van der Waals surface area contributed by atoms with Crippen LogP contribution in [-0.2, 0) is 32.7 Å². The van der Waals surface area contributed by atoms with E-state index in [9.17, 15) is 24.2 Å². The molecule has 3 atom stereocenters. The van der Waals surface area contributed by atoms with Gasteiger partial charge in [0.2, 0.25) is 0 Å². The molecule has 0 aliphatic rings. The maximum Gasteiger partial charge on any atom is 0.472 e. The fraction of sp³-hybridized carbons (Fsp3) is 0.959. The van der Waals surface area contributed by atoms with Gasteiger partial charge in [0.25, 0.3) is 0 Å². The van der Waals surface area contributed by atoms with Crippen molar-refractivity contribution in [3.05, 3.63) is 0 Å². The zero-order valence-corrected chi connectivity index (χ0v) is 40.1. The number of esters is 2. The molecule has 0 radical (unpaired) electrons. The molecule has 10 nitrogen and oxygen atoms in total. The van der Waals surface area contributed by atoms with Crippen LogP contribution >= 0.6 is 7.82 Å². The highest BCUT2D eigenvalue weighted by atomic mass is 31.2. The normalized spacial score (nSPS) is 13.6. The lowest BCUT2D eigenvalue weighted by Crippen LogP contribution is -2.29. The van der Waals surface area contributed by atoms with E-state index < -0.39 is 51.8 Å². The summed E-state index contributed by atoms with van der Waals surface area (Å²) in [4.78, 5) is 35.1. The van der Waals surface area contributed by atoms with Crippen molar-refractivity contribution in [2.45, 2.75) is 276 Å². The zero-order chi connectivity index (χ0) is 44.0. The number of carbonyl (C=O) groups excluding carboxylic acids is 2. The van der Waals surface area contributed by atoms with Crippen molar-refractivity contribution in [3.8, 4) is 0 Å². The van der Waals surface area contributed by atoms with E-state index in [2.05, 4.69) is 13.8 Å². The molecule has 0 saturated heterocycles. The molecular formula is C49H97O10P. The van der Waals surface area contributed by atoms with E-state index in [-0.39, 0.29) is 19.4 Å². The Hall–Kier alpha value is -1.03. The minimum Gasteiger partial charge on any atom is -0.462 e. The molecule has 0 rings (SSSR count). The number of aliphatic hydroxyl groups is 2. The number of phosphoric ester groups is 1. The monoisotopic (exact) mass is 877 g/mol. The van der Waals surface area contributed by atoms with E-state index in [0.717, 1.165) is 32.1 Å². The van der Waals surface area contributed by atoms with Gasteiger partial charge in [-0.15, -0.1) is 0 Å². The Labute approximate surface area is 369 Å². The molecule has 0 spiro atoms. The van der Waals surface area contributed by atoms with Crippen molar-refractivity contribution < 1.29 is 47.8 Å². The van der Waals surface area contributed by atoms with Gasteiger partial charge in [-0.3, -0.25) is 18.6 Å². The second-order valence-corrected chi connectivity index (χ2v) is 19.0. The second kappa shape index (κ2) is 46.0. The van der Waals surface area contributed by atoms with Crippen LogP contribution in [0.25, 0.3) is 0 Å². The summed E-state index contributed by atoms with van der Waals surface area (Å²) in [6.07, 6.45) is 45.0. The summed E-state index contributed by atoms with van der Waals surface area (Å²) in [5.41, 5.74) is 0. The fourth-order valence-electron chi connectivity index (χ4n) is 7.59. The number of aliphatic hydroxyl groups excluding tert-OH is 2. The van der Waals surface area contributed by atoms with Crippen LogP contribution in [0.15, 0.2) is 0 Å². The largest absolute Gasteiger partial charge is 0.472 e. The van der Waals surface area contributed by atoms with Crippen LogP contribution in [0.4, 0.5) is 0 Å². The molecule has 0 saturated carbocycles. The van der Waals surface area contributed by atoms with E-state index in [1.54, 1.807) is 0 Å². The first-order chi connectivity index (χ1) is 29.2. The predicted octanol–water partition coefficient (Wildman–Crippen LogP) is 14.2. The van der Waals surface area contributed by atoms with Crippen LogP contribution in [0, 0.1) is 0 Å². The number of phosphoric acid groups is 1. The standard InChI is InChI=1S/C49H97O10P/c1-3-5-7-9-11-13-15-17-19-20-21-22-23-24-25-27-29-31-33-35-37-39-41-49(53)59-47(45-58-60(54,55)57-43-46(51)42-50)44-56-48(52)40-38-36-34-32-30-28-26-18-16-14-12-10-8-6-4-2/h46-47,50-51H,3-45H2,1-2H3,(H,54,55)/t46-,47+/m0/s1. The van der Waals surface area contributed by atoms with E-state index in [1.807, 2.05) is 0 Å². The maximum atomic E-state index is 12.7. The lowest BCUT2D eigenvalue weighted by atomic mass is 10.0. The molecule has 0 heterocycles. The van der Waals surface area contributed by atoms with Crippen LogP contribution < -0.4 is 0 Å². The van der Waals surface area contributed by atoms with Crippen molar-refractivity contribution in [2.24, 2.45) is 0 Å². The number of carbonyl (C=O) groups is 2. The van der Waals surface area contributed by atoms with Gasteiger partial charge in [-0.25, -0.2) is 4.57 Å². The summed E-state index contributed by atoms with van der Waals surface area (Å²) >= 11 is 0. The van der Waals surface area contributed by atoms with Crippen molar-refractivity contribution in [1.82, 2.24) is 0 Å². The van der Waals surface area contributed by atoms with Gasteiger partial charge < -0.3 is 24.6 Å². The first-order valence-corrected chi connectivity index (χ1v) is 27.0. The Morgan fingerprint density at radius 1 is 0.433 bits per heavy atom. The number of rotatable bonds is 49. The maximum absolute atomic E-state index is 12.7. The Kier molecular flexibility index (Phi) is 45.2. The highest BCUT2D eigenvalue weighted by Gasteiger charge is 2.27. The molecule has 0 bridgehead atoms. The summed E-state index contributed by atoms with van der Waals surface area (Å²) in [7, 11) is -4.61. The third-order valence-corrected chi connectivity index (χ3v) is 12.5. The number of hydrogen-bond acceptors (Lipinski definition) is 9. The average Bonchev–Trinajstić information content (AvgIpc) is 3.24. The minimum absolute atomic E-state index is 0.193. The molecule has 11 heteroatoms. The molecular weight excluding hydrogens is 780 g/mol. The summed E-state index contributed by atoms with van der Waals surface area (Å²) in [6, 6.07) is 0. The smallest absolute Gasteiger partial charge is 0.462 e. The summed E-state index contributed by atoms with van der Waals surface area (Å²) in [6.45, 7) is 2.45. The first kappa shape index (κ1) is 59.0. The molecule has 60 heavy (non-hydrogen) atoms. The van der Waals surface area contributed by atoms with Gasteiger partial charge in [0.05, 0.1) is 19.8 Å². The van der Waals surface area contributed by atoms with Gasteiger partial charge in [0, 0.05) is 12.8 Å². The Bertz CT molecular complexity index is 966. The van der Waals surface area contributed by atoms with Crippen molar-refractivity contribution in [2.75, 3.05) is 26.4 Å². The highest BCUT2D eigenvalue weighted by Crippen LogP contribution is 2.43. The molecule has 0 fully saturated rings. The van der Waals surface area contributed by atoms with Crippen molar-refractivity contribution >= 4 is 19.8 Å². The van der Waals surface area contributed by atoms with Gasteiger partial charge in [0.15, 0.2) is 6.10 Å². The fourth-order valence-corrected chi connectivity index (χ4v) is 8.37. The van der Waals surface area contributed by atoms with Crippen molar-refractivity contribution in [1.29, 1.82) is 0 Å². The van der Waals surface area contributed by atoms with Crippen LogP contribution in [0.3, 0.4) is 0 Å². The van der Waals surface area contributed by atoms with Crippen molar-refractivity contribution in [3.63, 3.8) is 0 Å². The SMILES string of the molecule is CCCCCCCCCCCCCCCCCCCCCCCCC(=O)O[C@H](COC(=O)CCCCCCCCCCCCCCCCC)COP(=O)(O)OC[C@@H](O)CO. The summed E-state index contributed by atoms with van der Waals surface area (Å²) in [5, 5.41) is 18.4. The third-order valence-electron chi connectivity index (χ3n) is 11.5. The molecule has 0 aromatic heterocycles. The average molecular weight is 877 g/mol. The summed E-state index contributed by atoms with van der Waals surface area (Å²) in [5.74, 6) is -0.903. The third kappa shape index (κ3) is 45.0. The first-order valence-electron chi connectivity index (χ1n) is 25.5. The predicted molar refractivity (Wildman–Crippen MR) is 247 cm³/mol. The Morgan fingerprint density at radius 3 is 1.03 bits per heavy atom. The molecule has 0 aromatic carbocycles. The molecule has 3 N–H and O–H groups in total. The van der Waals surface area contributed by atoms with Crippen LogP contribution in [0.1, 0.15) is 264 Å². The number of unbranched alkanes of at least 4 members (excludes halogenated alkanes) is 35. The van der Waals surface area contributed by atoms with Crippen LogP contribution in [-0.4, -0.2) is 65.7 Å². The van der Waals surface area contributed by atoms with E-state index in [4.69, 9.17) is 23.6 Å². The van der Waals surface area contributed by atoms with Crippen LogP contribution in [0.5, 0.6) is 0 Å². The Morgan fingerprint density at radius 2 is 0.717 bits per heavy atom. The molecule has 358 valence electrons. The molecule has 0 aromatic rings. The van der Waals surface area contributed by atoms with Gasteiger partial charge >= 0.3 is 19.8 Å². The molecule has 0 aliphatic heterocycles. The van der Waals surface area contributed by atoms with E-state index in [1.165, 1.54) is 193 Å². The summed E-state index contributed by atoms with van der Waals surface area (Å²) < 4.78 is 32.9. The van der Waals surface area contributed by atoms with Gasteiger partial charge in [0.1, 0.15) is 12.7 Å². The second-order valence-electron chi connectivity index (χ2n) is 17.6. The molecule has 1 unspecified atom stereocenters. The topological polar surface area (TPSA) is 149 Å². The molecule has 0 aliphatic carbocycles.